The fourth-order valence-corrected chi connectivity index (χ4v) is 5.93. The molecular formula is C25H24N2O4S. The number of hydrogen-bond acceptors (Lipinski definition) is 4. The van der Waals surface area contributed by atoms with Crippen LogP contribution in [0, 0.1) is 0 Å². The van der Waals surface area contributed by atoms with Gasteiger partial charge in [-0.3, -0.25) is 4.90 Å². The maximum atomic E-state index is 13.2. The van der Waals surface area contributed by atoms with Gasteiger partial charge in [0.05, 0.1) is 10.6 Å². The highest BCUT2D eigenvalue weighted by atomic mass is 32.2. The normalized spacial score (nSPS) is 17.6. The molecule has 0 spiro atoms. The lowest BCUT2D eigenvalue weighted by molar-refractivity contribution is 0.136. The predicted molar refractivity (Wildman–Crippen MR) is 123 cm³/mol. The molecule has 1 fully saturated rings. The zero-order valence-corrected chi connectivity index (χ0v) is 18.4. The van der Waals surface area contributed by atoms with Crippen LogP contribution in [0.4, 0.5) is 10.5 Å². The van der Waals surface area contributed by atoms with Gasteiger partial charge in [0.25, 0.3) is 0 Å². The van der Waals surface area contributed by atoms with Crippen molar-refractivity contribution >= 4 is 21.8 Å². The Balaban J connectivity index is 1.30. The molecule has 0 saturated carbocycles. The van der Waals surface area contributed by atoms with Crippen LogP contribution < -0.4 is 4.90 Å². The quantitative estimate of drug-likeness (QED) is 0.582. The van der Waals surface area contributed by atoms with Gasteiger partial charge in [0.1, 0.15) is 6.61 Å². The second kappa shape index (κ2) is 8.41. The van der Waals surface area contributed by atoms with Crippen LogP contribution in [0.3, 0.4) is 0 Å². The molecule has 2 aliphatic heterocycles. The van der Waals surface area contributed by atoms with Gasteiger partial charge in [-0.05, 0) is 42.2 Å². The number of cyclic esters (lactones) is 1. The van der Waals surface area contributed by atoms with Crippen LogP contribution >= 0.6 is 0 Å². The Bertz CT molecular complexity index is 1220. The van der Waals surface area contributed by atoms with Crippen molar-refractivity contribution in [3.8, 4) is 11.1 Å². The first-order valence-electron chi connectivity index (χ1n) is 10.7. The van der Waals surface area contributed by atoms with Gasteiger partial charge in [-0.25, -0.2) is 13.2 Å². The summed E-state index contributed by atoms with van der Waals surface area (Å²) in [6.45, 7) is 0.997. The van der Waals surface area contributed by atoms with Crippen LogP contribution in [0.25, 0.3) is 11.1 Å². The Hall–Kier alpha value is -3.16. The van der Waals surface area contributed by atoms with E-state index in [-0.39, 0.29) is 18.7 Å². The van der Waals surface area contributed by atoms with E-state index in [4.69, 9.17) is 4.74 Å². The monoisotopic (exact) mass is 448 g/mol. The molecule has 7 heteroatoms. The van der Waals surface area contributed by atoms with Crippen molar-refractivity contribution in [3.63, 3.8) is 0 Å². The van der Waals surface area contributed by atoms with E-state index in [0.717, 1.165) is 22.4 Å². The van der Waals surface area contributed by atoms with Crippen LogP contribution in [0.5, 0.6) is 0 Å². The molecule has 2 heterocycles. The van der Waals surface area contributed by atoms with Crippen molar-refractivity contribution in [2.45, 2.75) is 30.4 Å². The topological polar surface area (TPSA) is 66.9 Å². The lowest BCUT2D eigenvalue weighted by Crippen LogP contribution is -2.50. The summed E-state index contributed by atoms with van der Waals surface area (Å²) in [5.41, 5.74) is 3.86. The number of fused-ring (bicyclic) bond motifs is 1. The highest BCUT2D eigenvalue weighted by molar-refractivity contribution is 7.89. The largest absolute Gasteiger partial charge is 0.444 e. The van der Waals surface area contributed by atoms with E-state index < -0.39 is 10.0 Å². The molecule has 1 saturated heterocycles. The lowest BCUT2D eigenvalue weighted by Gasteiger charge is -2.39. The van der Waals surface area contributed by atoms with Crippen LogP contribution in [-0.2, 0) is 21.4 Å². The second-order valence-corrected chi connectivity index (χ2v) is 10.0. The number of hydrogen-bond donors (Lipinski definition) is 0. The third kappa shape index (κ3) is 3.78. The van der Waals surface area contributed by atoms with E-state index in [0.29, 0.717) is 30.8 Å². The van der Waals surface area contributed by atoms with Crippen LogP contribution in [0.2, 0.25) is 0 Å². The molecule has 1 amide bonds. The summed E-state index contributed by atoms with van der Waals surface area (Å²) in [5, 5.41) is 0. The van der Waals surface area contributed by atoms with Gasteiger partial charge in [0.2, 0.25) is 10.0 Å². The van der Waals surface area contributed by atoms with E-state index in [2.05, 4.69) is 0 Å². The molecule has 0 N–H and O–H groups in total. The number of amides is 1. The first kappa shape index (κ1) is 20.7. The van der Waals surface area contributed by atoms with Crippen LogP contribution in [0.1, 0.15) is 18.4 Å². The number of anilines is 1. The van der Waals surface area contributed by atoms with Crippen molar-refractivity contribution in [1.29, 1.82) is 0 Å². The van der Waals surface area contributed by atoms with E-state index in [9.17, 15) is 13.2 Å². The molecule has 6 nitrogen and oxygen atoms in total. The Morgan fingerprint density at radius 1 is 0.781 bits per heavy atom. The van der Waals surface area contributed by atoms with E-state index in [1.54, 1.807) is 17.0 Å². The van der Waals surface area contributed by atoms with Gasteiger partial charge >= 0.3 is 6.09 Å². The number of piperidine rings is 1. The third-order valence-electron chi connectivity index (χ3n) is 6.19. The minimum atomic E-state index is -3.59. The van der Waals surface area contributed by atoms with Gasteiger partial charge in [0.15, 0.2) is 0 Å². The number of para-hydroxylation sites is 1. The molecule has 164 valence electrons. The smallest absolute Gasteiger partial charge is 0.414 e. The summed E-state index contributed by atoms with van der Waals surface area (Å²) in [5.74, 6) is 0. The molecule has 0 unspecified atom stereocenters. The van der Waals surface area contributed by atoms with Crippen molar-refractivity contribution in [2.24, 2.45) is 0 Å². The van der Waals surface area contributed by atoms with E-state index >= 15 is 0 Å². The van der Waals surface area contributed by atoms with Gasteiger partial charge < -0.3 is 4.74 Å². The first-order chi connectivity index (χ1) is 15.5. The molecule has 3 aromatic carbocycles. The highest BCUT2D eigenvalue weighted by Gasteiger charge is 2.36. The molecule has 2 aliphatic rings. The summed E-state index contributed by atoms with van der Waals surface area (Å²) in [7, 11) is -3.59. The summed E-state index contributed by atoms with van der Waals surface area (Å²) in [6, 6.07) is 24.5. The number of rotatable bonds is 4. The zero-order chi connectivity index (χ0) is 22.1. The average Bonchev–Trinajstić information content (AvgIpc) is 2.85. The second-order valence-electron chi connectivity index (χ2n) is 8.08. The van der Waals surface area contributed by atoms with E-state index in [1.165, 1.54) is 4.31 Å². The molecule has 0 radical (unpaired) electrons. The maximum Gasteiger partial charge on any atom is 0.414 e. The zero-order valence-electron chi connectivity index (χ0n) is 17.6. The summed E-state index contributed by atoms with van der Waals surface area (Å²) in [6.07, 6.45) is 0.761. The number of nitrogens with zero attached hydrogens (tertiary/aromatic N) is 2. The molecule has 5 rings (SSSR count). The van der Waals surface area contributed by atoms with Crippen molar-refractivity contribution in [3.05, 3.63) is 84.4 Å². The fourth-order valence-electron chi connectivity index (χ4n) is 4.46. The van der Waals surface area contributed by atoms with Crippen LogP contribution in [-0.4, -0.2) is 37.9 Å². The highest BCUT2D eigenvalue weighted by Crippen LogP contribution is 2.33. The van der Waals surface area contributed by atoms with Gasteiger partial charge in [-0.2, -0.15) is 4.31 Å². The van der Waals surface area contributed by atoms with Crippen molar-refractivity contribution in [1.82, 2.24) is 4.31 Å². The molecule has 0 atom stereocenters. The summed E-state index contributed by atoms with van der Waals surface area (Å²) in [4.78, 5) is 14.5. The molecule has 0 bridgehead atoms. The Morgan fingerprint density at radius 2 is 1.41 bits per heavy atom. The molecule has 32 heavy (non-hydrogen) atoms. The molecule has 3 aromatic rings. The number of ether oxygens (including phenoxy) is 1. The Morgan fingerprint density at radius 3 is 2.12 bits per heavy atom. The van der Waals surface area contributed by atoms with Gasteiger partial charge in [-0.15, -0.1) is 0 Å². The van der Waals surface area contributed by atoms with Gasteiger partial charge in [0, 0.05) is 24.7 Å². The summed E-state index contributed by atoms with van der Waals surface area (Å²) < 4.78 is 33.3. The molecule has 0 aliphatic carbocycles. The summed E-state index contributed by atoms with van der Waals surface area (Å²) >= 11 is 0. The number of sulfonamides is 1. The number of carbonyl (C=O) groups excluding carboxylic acids is 1. The number of benzene rings is 3. The molecular weight excluding hydrogens is 424 g/mol. The lowest BCUT2D eigenvalue weighted by atomic mass is 10.0. The third-order valence-corrected chi connectivity index (χ3v) is 8.10. The minimum absolute atomic E-state index is 0.0872. The molecule has 0 aromatic heterocycles. The standard InChI is InChI=1S/C25H24N2O4S/c28-25-27(24-9-5-4-8-21(24)18-31-25)22-14-16-26(17-15-22)32(29,30)23-12-10-20(11-13-23)19-6-2-1-3-7-19/h1-13,22H,14-18H2. The Labute approximate surface area is 188 Å². The SMILES string of the molecule is O=C1OCc2ccccc2N1C1CCN(S(=O)(=O)c2ccc(-c3ccccc3)cc2)CC1. The minimum Gasteiger partial charge on any atom is -0.444 e. The average molecular weight is 449 g/mol. The fraction of sp³-hybridized carbons (Fsp3) is 0.240. The number of carbonyl (C=O) groups is 1. The van der Waals surface area contributed by atoms with E-state index in [1.807, 2.05) is 66.7 Å². The van der Waals surface area contributed by atoms with Crippen molar-refractivity contribution in [2.75, 3.05) is 18.0 Å². The van der Waals surface area contributed by atoms with Crippen molar-refractivity contribution < 1.29 is 17.9 Å². The maximum absolute atomic E-state index is 13.2. The van der Waals surface area contributed by atoms with Crippen LogP contribution in [0.15, 0.2) is 83.8 Å². The first-order valence-corrected chi connectivity index (χ1v) is 12.2. The predicted octanol–water partition coefficient (Wildman–Crippen LogP) is 4.66. The Kier molecular flexibility index (Phi) is 5.45. The van der Waals surface area contributed by atoms with Gasteiger partial charge in [-0.1, -0.05) is 60.7 Å².